The zero-order valence-electron chi connectivity index (χ0n) is 27.7. The zero-order chi connectivity index (χ0) is 38.3. The minimum atomic E-state index is -0.898. The number of phenols is 4. The number of hydrogen-bond donors (Lipinski definition) is 4. The summed E-state index contributed by atoms with van der Waals surface area (Å²) in [5.74, 6) is -4.63. The van der Waals surface area contributed by atoms with E-state index in [-0.39, 0.29) is 55.7 Å². The molecule has 0 saturated carbocycles. The van der Waals surface area contributed by atoms with Crippen molar-refractivity contribution in [3.63, 3.8) is 0 Å². The van der Waals surface area contributed by atoms with Crippen molar-refractivity contribution in [1.29, 1.82) is 0 Å². The molecular formula is C40H26N4O8S2. The number of benzene rings is 5. The average Bonchev–Trinajstić information content (AvgIpc) is 3.13. The maximum absolute atomic E-state index is 14.5. The van der Waals surface area contributed by atoms with E-state index in [9.17, 15) is 39.6 Å². The van der Waals surface area contributed by atoms with Crippen molar-refractivity contribution in [2.24, 2.45) is 0 Å². The third-order valence-corrected chi connectivity index (χ3v) is 9.09. The largest absolute Gasteiger partial charge is 0.508 e. The molecule has 54 heavy (non-hydrogen) atoms. The molecule has 5 aromatic carbocycles. The Morgan fingerprint density at radius 2 is 0.704 bits per heavy atom. The van der Waals surface area contributed by atoms with Crippen molar-refractivity contribution in [3.8, 4) is 23.0 Å². The van der Waals surface area contributed by atoms with E-state index in [2.05, 4.69) is 0 Å². The van der Waals surface area contributed by atoms with Crippen LogP contribution >= 0.6 is 24.4 Å². The highest BCUT2D eigenvalue weighted by molar-refractivity contribution is 7.81. The molecule has 2 heterocycles. The number of anilines is 4. The second-order valence-corrected chi connectivity index (χ2v) is 12.7. The minimum Gasteiger partial charge on any atom is -0.508 e. The molecule has 14 heteroatoms. The highest BCUT2D eigenvalue weighted by Gasteiger charge is 2.46. The number of rotatable bonds is 6. The first-order valence-electron chi connectivity index (χ1n) is 16.1. The van der Waals surface area contributed by atoms with Crippen LogP contribution < -0.4 is 19.6 Å². The summed E-state index contributed by atoms with van der Waals surface area (Å²) in [5, 5.41) is 40.0. The smallest absolute Gasteiger partial charge is 0.270 e. The lowest BCUT2D eigenvalue weighted by Crippen LogP contribution is -2.59. The van der Waals surface area contributed by atoms with Crippen molar-refractivity contribution >= 4 is 93.2 Å². The lowest BCUT2D eigenvalue weighted by Gasteiger charge is -2.40. The summed E-state index contributed by atoms with van der Waals surface area (Å²) in [6.07, 6.45) is 2.41. The molecule has 0 bridgehead atoms. The number of thiocarbonyl (C=S) groups is 2. The summed E-state index contributed by atoms with van der Waals surface area (Å²) in [4.78, 5) is 61.7. The van der Waals surface area contributed by atoms with Gasteiger partial charge in [-0.05, 0) is 108 Å². The molecule has 2 aliphatic heterocycles. The zero-order valence-corrected chi connectivity index (χ0v) is 29.4. The minimum absolute atomic E-state index is 0.0120. The molecule has 2 aliphatic rings. The summed E-state index contributed by atoms with van der Waals surface area (Å²) in [5.41, 5.74) is 0.131. The maximum Gasteiger partial charge on any atom is 0.270 e. The Bertz CT molecular complexity index is 2270. The van der Waals surface area contributed by atoms with Gasteiger partial charge in [-0.15, -0.1) is 0 Å². The van der Waals surface area contributed by atoms with Gasteiger partial charge in [-0.2, -0.15) is 0 Å². The van der Waals surface area contributed by atoms with Crippen LogP contribution in [0.4, 0.5) is 22.7 Å². The second kappa shape index (κ2) is 14.1. The predicted octanol–water partition coefficient (Wildman–Crippen LogP) is 6.01. The van der Waals surface area contributed by atoms with Crippen molar-refractivity contribution in [2.45, 2.75) is 0 Å². The van der Waals surface area contributed by atoms with E-state index in [1.54, 1.807) is 72.8 Å². The Kier molecular flexibility index (Phi) is 9.21. The third-order valence-electron chi connectivity index (χ3n) is 8.36. The fourth-order valence-electron chi connectivity index (χ4n) is 6.07. The number of carbonyl (C=O) groups is 4. The van der Waals surface area contributed by atoms with Crippen LogP contribution in [0.15, 0.2) is 132 Å². The van der Waals surface area contributed by atoms with E-state index in [0.717, 1.165) is 31.7 Å². The van der Waals surface area contributed by atoms with Crippen molar-refractivity contribution in [2.75, 3.05) is 19.6 Å². The second-order valence-electron chi connectivity index (χ2n) is 12.0. The SMILES string of the molecule is O=C1/C(=C/c2cc(O)cc(O)c2)C(=O)N(c2ccccc2N2C(=O)/C(=C/c3cc(O)cc(O)c3)C(=O)N(c3ccccc3)C2=S)C(=S)N1c1ccccc1. The summed E-state index contributed by atoms with van der Waals surface area (Å²) >= 11 is 11.7. The van der Waals surface area contributed by atoms with Gasteiger partial charge in [0, 0.05) is 12.1 Å². The fraction of sp³-hybridized carbons (Fsp3) is 0. The Hall–Kier alpha value is -7.16. The van der Waals surface area contributed by atoms with Gasteiger partial charge in [0.2, 0.25) is 0 Å². The topological polar surface area (TPSA) is 162 Å². The molecule has 7 rings (SSSR count). The summed E-state index contributed by atoms with van der Waals surface area (Å²) in [7, 11) is 0. The van der Waals surface area contributed by atoms with Crippen molar-refractivity contribution in [1.82, 2.24) is 0 Å². The van der Waals surface area contributed by atoms with Crippen LogP contribution in [0.5, 0.6) is 23.0 Å². The molecule has 0 aliphatic carbocycles. The number of aromatic hydroxyl groups is 4. The van der Waals surface area contributed by atoms with Gasteiger partial charge in [0.1, 0.15) is 34.1 Å². The molecule has 4 amide bonds. The van der Waals surface area contributed by atoms with E-state index in [1.807, 2.05) is 0 Å². The van der Waals surface area contributed by atoms with Crippen LogP contribution in [-0.4, -0.2) is 54.3 Å². The number of phenolic OH excluding ortho intramolecular Hbond substituents is 4. The molecule has 266 valence electrons. The number of nitrogens with zero attached hydrogens (tertiary/aromatic N) is 4. The summed E-state index contributed by atoms with van der Waals surface area (Å²) < 4.78 is 0. The van der Waals surface area contributed by atoms with E-state index in [0.29, 0.717) is 11.4 Å². The Morgan fingerprint density at radius 3 is 1.04 bits per heavy atom. The molecule has 2 saturated heterocycles. The summed E-state index contributed by atoms with van der Waals surface area (Å²) in [6.45, 7) is 0. The molecule has 0 aromatic heterocycles. The van der Waals surface area contributed by atoms with Gasteiger partial charge in [0.05, 0.1) is 22.7 Å². The monoisotopic (exact) mass is 754 g/mol. The predicted molar refractivity (Wildman–Crippen MR) is 210 cm³/mol. The maximum atomic E-state index is 14.5. The van der Waals surface area contributed by atoms with Gasteiger partial charge in [0.25, 0.3) is 23.6 Å². The molecule has 0 unspecified atom stereocenters. The molecule has 5 aromatic rings. The van der Waals surface area contributed by atoms with Crippen molar-refractivity contribution < 1.29 is 39.6 Å². The van der Waals surface area contributed by atoms with E-state index < -0.39 is 34.8 Å². The first-order chi connectivity index (χ1) is 25.9. The number of amides is 4. The Labute approximate surface area is 317 Å². The van der Waals surface area contributed by atoms with Crippen LogP contribution in [0.2, 0.25) is 0 Å². The van der Waals surface area contributed by atoms with Crippen LogP contribution in [0.25, 0.3) is 12.2 Å². The van der Waals surface area contributed by atoms with Gasteiger partial charge in [-0.1, -0.05) is 48.5 Å². The van der Waals surface area contributed by atoms with Gasteiger partial charge in [-0.3, -0.25) is 38.8 Å². The fourth-order valence-corrected chi connectivity index (χ4v) is 6.81. The van der Waals surface area contributed by atoms with E-state index in [4.69, 9.17) is 24.4 Å². The lowest BCUT2D eigenvalue weighted by atomic mass is 10.0. The molecule has 0 spiro atoms. The standard InChI is InChI=1S/C40H26N4O8S2/c45-27-15-23(16-28(46)21-27)19-31-35(49)41(25-9-3-1-4-10-25)39(53)43(37(31)51)33-13-7-8-14-34(33)44-38(52)32(20-24-17-29(47)22-30(48)18-24)36(50)42(40(44)54)26-11-5-2-6-12-26/h1-22,45-48H/b31-19-,32-20+. The Morgan fingerprint density at radius 1 is 0.407 bits per heavy atom. The highest BCUT2D eigenvalue weighted by Crippen LogP contribution is 2.39. The van der Waals surface area contributed by atoms with Crippen LogP contribution in [0.3, 0.4) is 0 Å². The number of hydrogen-bond acceptors (Lipinski definition) is 10. The molecular weight excluding hydrogens is 729 g/mol. The van der Waals surface area contributed by atoms with Gasteiger partial charge in [-0.25, -0.2) is 0 Å². The number of para-hydroxylation sites is 4. The molecule has 0 atom stereocenters. The van der Waals surface area contributed by atoms with Gasteiger partial charge in [0.15, 0.2) is 10.2 Å². The van der Waals surface area contributed by atoms with Gasteiger partial charge < -0.3 is 20.4 Å². The summed E-state index contributed by atoms with van der Waals surface area (Å²) in [6, 6.07) is 30.0. The quantitative estimate of drug-likeness (QED) is 0.0919. The Balaban J connectivity index is 1.42. The highest BCUT2D eigenvalue weighted by atomic mass is 32.1. The number of carbonyl (C=O) groups excluding carboxylic acids is 4. The molecule has 12 nitrogen and oxygen atoms in total. The van der Waals surface area contributed by atoms with Crippen LogP contribution in [-0.2, 0) is 19.2 Å². The van der Waals surface area contributed by atoms with E-state index in [1.165, 1.54) is 48.6 Å². The molecule has 0 radical (unpaired) electrons. The lowest BCUT2D eigenvalue weighted by molar-refractivity contribution is -0.122. The first-order valence-corrected chi connectivity index (χ1v) is 16.9. The molecule has 4 N–H and O–H groups in total. The van der Waals surface area contributed by atoms with Gasteiger partial charge >= 0.3 is 0 Å². The average molecular weight is 755 g/mol. The first kappa shape index (κ1) is 35.3. The third kappa shape index (κ3) is 6.42. The van der Waals surface area contributed by atoms with E-state index >= 15 is 0 Å². The van der Waals surface area contributed by atoms with Crippen LogP contribution in [0.1, 0.15) is 11.1 Å². The molecule has 2 fully saturated rings. The van der Waals surface area contributed by atoms with Crippen molar-refractivity contribution in [3.05, 3.63) is 144 Å². The van der Waals surface area contributed by atoms with Crippen LogP contribution in [0, 0.1) is 0 Å². The normalized spacial score (nSPS) is 16.6.